The molecular formula is C24H21F3O5. The van der Waals surface area contributed by atoms with Crippen molar-refractivity contribution in [2.24, 2.45) is 0 Å². The molecule has 0 bridgehead atoms. The van der Waals surface area contributed by atoms with E-state index in [1.54, 1.807) is 48.5 Å². The molecule has 0 amide bonds. The third-order valence-electron chi connectivity index (χ3n) is 4.90. The molecule has 0 radical (unpaired) electrons. The van der Waals surface area contributed by atoms with Crippen LogP contribution in [0.4, 0.5) is 13.2 Å². The Morgan fingerprint density at radius 1 is 0.906 bits per heavy atom. The van der Waals surface area contributed by atoms with Crippen LogP contribution in [-0.2, 0) is 26.0 Å². The number of carbonyl (C=O) groups excluding carboxylic acids is 1. The molecule has 2 N–H and O–H groups in total. The Morgan fingerprint density at radius 3 is 2.00 bits per heavy atom. The van der Waals surface area contributed by atoms with E-state index in [2.05, 4.69) is 0 Å². The average molecular weight is 446 g/mol. The predicted octanol–water partition coefficient (Wildman–Crippen LogP) is 4.80. The number of esters is 1. The smallest absolute Gasteiger partial charge is 0.417 e. The lowest BCUT2D eigenvalue weighted by atomic mass is 9.90. The van der Waals surface area contributed by atoms with Crippen molar-refractivity contribution in [3.05, 3.63) is 94.0 Å². The molecule has 0 aliphatic rings. The van der Waals surface area contributed by atoms with Gasteiger partial charge in [-0.2, -0.15) is 13.2 Å². The van der Waals surface area contributed by atoms with Crippen molar-refractivity contribution in [1.82, 2.24) is 0 Å². The van der Waals surface area contributed by atoms with Gasteiger partial charge >= 0.3 is 12.1 Å². The van der Waals surface area contributed by atoms with Crippen LogP contribution in [-0.4, -0.2) is 16.2 Å². The van der Waals surface area contributed by atoms with Gasteiger partial charge in [-0.05, 0) is 35.7 Å². The molecule has 8 heteroatoms. The van der Waals surface area contributed by atoms with Gasteiger partial charge in [-0.3, -0.25) is 0 Å². The van der Waals surface area contributed by atoms with Crippen molar-refractivity contribution in [2.75, 3.05) is 0 Å². The van der Waals surface area contributed by atoms with Crippen LogP contribution < -0.4 is 9.47 Å². The highest BCUT2D eigenvalue weighted by Crippen LogP contribution is 2.43. The van der Waals surface area contributed by atoms with Crippen LogP contribution in [0.25, 0.3) is 0 Å². The minimum atomic E-state index is -4.88. The van der Waals surface area contributed by atoms with Gasteiger partial charge in [-0.1, -0.05) is 48.5 Å². The van der Waals surface area contributed by atoms with E-state index in [0.717, 1.165) is 6.92 Å². The monoisotopic (exact) mass is 446 g/mol. The molecule has 0 aliphatic carbocycles. The summed E-state index contributed by atoms with van der Waals surface area (Å²) in [5.41, 5.74) is -2.28. The molecule has 0 saturated heterocycles. The second-order valence-electron chi connectivity index (χ2n) is 6.95. The summed E-state index contributed by atoms with van der Waals surface area (Å²) in [6, 6.07) is 16.7. The van der Waals surface area contributed by atoms with Gasteiger partial charge < -0.3 is 19.7 Å². The number of carbonyl (C=O) groups is 1. The molecule has 0 saturated carbocycles. The first-order chi connectivity index (χ1) is 15.3. The third kappa shape index (κ3) is 4.92. The molecule has 168 valence electrons. The largest absolute Gasteiger partial charge is 0.488 e. The van der Waals surface area contributed by atoms with E-state index in [4.69, 9.17) is 9.47 Å². The number of ether oxygens (including phenoxy) is 2. The van der Waals surface area contributed by atoms with E-state index >= 15 is 0 Å². The first-order valence-electron chi connectivity index (χ1n) is 9.69. The molecule has 0 aliphatic heterocycles. The van der Waals surface area contributed by atoms with Crippen molar-refractivity contribution < 1.29 is 37.7 Å². The van der Waals surface area contributed by atoms with E-state index in [1.165, 1.54) is 12.1 Å². The van der Waals surface area contributed by atoms with Crippen LogP contribution in [0.1, 0.15) is 38.2 Å². The van der Waals surface area contributed by atoms with Gasteiger partial charge in [0.05, 0.1) is 18.8 Å². The first-order valence-corrected chi connectivity index (χ1v) is 9.69. The fourth-order valence-electron chi connectivity index (χ4n) is 3.47. The molecular weight excluding hydrogens is 425 g/mol. The standard InChI is InChI=1S/C24H21F3O5/c1-15-20(23(30)32-17-10-6-3-7-11-17)22(31-14-16-8-4-2-5-9-16)19(13-29)18(12-28)21(15)24(25,26)27/h2-11,28-29H,12-14H2,1H3. The molecule has 0 heterocycles. The van der Waals surface area contributed by atoms with E-state index < -0.39 is 47.6 Å². The summed E-state index contributed by atoms with van der Waals surface area (Å²) < 4.78 is 52.7. The number of rotatable bonds is 7. The summed E-state index contributed by atoms with van der Waals surface area (Å²) in [7, 11) is 0. The average Bonchev–Trinajstić information content (AvgIpc) is 2.77. The van der Waals surface area contributed by atoms with Gasteiger partial charge in [0.25, 0.3) is 0 Å². The lowest BCUT2D eigenvalue weighted by Crippen LogP contribution is -2.22. The number of aliphatic hydroxyl groups excluding tert-OH is 2. The topological polar surface area (TPSA) is 76.0 Å². The molecule has 3 rings (SSSR count). The van der Waals surface area contributed by atoms with E-state index in [9.17, 15) is 28.2 Å². The van der Waals surface area contributed by atoms with Gasteiger partial charge in [0.1, 0.15) is 23.7 Å². The highest BCUT2D eigenvalue weighted by atomic mass is 19.4. The second-order valence-corrected chi connectivity index (χ2v) is 6.95. The molecule has 0 unspecified atom stereocenters. The van der Waals surface area contributed by atoms with Crippen LogP contribution in [0.2, 0.25) is 0 Å². The van der Waals surface area contributed by atoms with Crippen LogP contribution in [0.3, 0.4) is 0 Å². The number of halogens is 3. The Kier molecular flexibility index (Phi) is 7.17. The van der Waals surface area contributed by atoms with Crippen molar-refractivity contribution >= 4 is 5.97 Å². The molecule has 3 aromatic carbocycles. The number of aliphatic hydroxyl groups is 2. The normalized spacial score (nSPS) is 11.3. The number of para-hydroxylation sites is 1. The minimum Gasteiger partial charge on any atom is -0.488 e. The molecule has 0 atom stereocenters. The van der Waals surface area contributed by atoms with Crippen LogP contribution in [0, 0.1) is 6.92 Å². The Morgan fingerprint density at radius 2 is 1.47 bits per heavy atom. The summed E-state index contributed by atoms with van der Waals surface area (Å²) >= 11 is 0. The highest BCUT2D eigenvalue weighted by Gasteiger charge is 2.40. The van der Waals surface area contributed by atoms with E-state index in [-0.39, 0.29) is 23.7 Å². The molecule has 3 aromatic rings. The zero-order valence-electron chi connectivity index (χ0n) is 17.1. The SMILES string of the molecule is Cc1c(C(=O)Oc2ccccc2)c(OCc2ccccc2)c(CO)c(CO)c1C(F)(F)F. The van der Waals surface area contributed by atoms with Gasteiger partial charge in [0.15, 0.2) is 0 Å². The third-order valence-corrected chi connectivity index (χ3v) is 4.90. The van der Waals surface area contributed by atoms with Crippen molar-refractivity contribution in [3.8, 4) is 11.5 Å². The van der Waals surface area contributed by atoms with Crippen LogP contribution in [0.5, 0.6) is 11.5 Å². The molecule has 0 fully saturated rings. The van der Waals surface area contributed by atoms with Crippen molar-refractivity contribution in [2.45, 2.75) is 32.9 Å². The summed E-state index contributed by atoms with van der Waals surface area (Å²) in [6.45, 7) is -0.842. The molecule has 5 nitrogen and oxygen atoms in total. The quantitative estimate of drug-likeness (QED) is 0.403. The zero-order chi connectivity index (χ0) is 23.3. The predicted molar refractivity (Wildman–Crippen MR) is 110 cm³/mol. The summed E-state index contributed by atoms with van der Waals surface area (Å²) in [4.78, 5) is 13.0. The maximum absolute atomic E-state index is 13.9. The van der Waals surface area contributed by atoms with E-state index in [0.29, 0.717) is 5.56 Å². The lowest BCUT2D eigenvalue weighted by Gasteiger charge is -2.24. The number of alkyl halides is 3. The fraction of sp³-hybridized carbons (Fsp3) is 0.208. The Labute approximate surface area is 182 Å². The number of hydrogen-bond acceptors (Lipinski definition) is 5. The van der Waals surface area contributed by atoms with Gasteiger partial charge in [-0.15, -0.1) is 0 Å². The summed E-state index contributed by atoms with van der Waals surface area (Å²) in [5.74, 6) is -1.19. The molecule has 32 heavy (non-hydrogen) atoms. The van der Waals surface area contributed by atoms with E-state index in [1.807, 2.05) is 0 Å². The Hall–Kier alpha value is -3.36. The minimum absolute atomic E-state index is 0.0743. The van der Waals surface area contributed by atoms with Crippen LogP contribution >= 0.6 is 0 Å². The fourth-order valence-corrected chi connectivity index (χ4v) is 3.47. The van der Waals surface area contributed by atoms with Crippen molar-refractivity contribution in [1.29, 1.82) is 0 Å². The van der Waals surface area contributed by atoms with Crippen LogP contribution in [0.15, 0.2) is 60.7 Å². The van der Waals surface area contributed by atoms with Gasteiger partial charge in [-0.25, -0.2) is 4.79 Å². The highest BCUT2D eigenvalue weighted by molar-refractivity contribution is 5.97. The first kappa shape index (κ1) is 23.3. The summed E-state index contributed by atoms with van der Waals surface area (Å²) in [5, 5.41) is 19.6. The summed E-state index contributed by atoms with van der Waals surface area (Å²) in [6.07, 6.45) is -4.88. The Balaban J connectivity index is 2.19. The van der Waals surface area contributed by atoms with Gasteiger partial charge in [0.2, 0.25) is 0 Å². The maximum atomic E-state index is 13.9. The number of benzene rings is 3. The molecule has 0 aromatic heterocycles. The number of hydrogen-bond donors (Lipinski definition) is 2. The zero-order valence-corrected chi connectivity index (χ0v) is 17.1. The molecule has 0 spiro atoms. The van der Waals surface area contributed by atoms with Gasteiger partial charge in [0, 0.05) is 5.56 Å². The Bertz CT molecular complexity index is 1080. The van der Waals surface area contributed by atoms with Crippen molar-refractivity contribution in [3.63, 3.8) is 0 Å². The second kappa shape index (κ2) is 9.84. The maximum Gasteiger partial charge on any atom is 0.417 e. The lowest BCUT2D eigenvalue weighted by molar-refractivity contribution is -0.139.